The Kier molecular flexibility index (Phi) is 4.57. The Morgan fingerprint density at radius 1 is 1.33 bits per heavy atom. The molecule has 0 fully saturated rings. The van der Waals surface area contributed by atoms with E-state index in [9.17, 15) is 4.79 Å². The van der Waals surface area contributed by atoms with E-state index < -0.39 is 0 Å². The smallest absolute Gasteiger partial charge is 0.306 e. The first-order valence-electron chi connectivity index (χ1n) is 6.66. The third-order valence-electron chi connectivity index (χ3n) is 3.38. The van der Waals surface area contributed by atoms with Gasteiger partial charge in [0, 0.05) is 6.42 Å². The van der Waals surface area contributed by atoms with Gasteiger partial charge in [-0.3, -0.25) is 4.79 Å². The minimum absolute atomic E-state index is 0.0158. The highest BCUT2D eigenvalue weighted by molar-refractivity contribution is 5.70. The van der Waals surface area contributed by atoms with Crippen LogP contribution in [0.4, 0.5) is 0 Å². The molecule has 2 nitrogen and oxygen atoms in total. The van der Waals surface area contributed by atoms with Gasteiger partial charge >= 0.3 is 5.97 Å². The predicted octanol–water partition coefficient (Wildman–Crippen LogP) is 3.66. The molecule has 0 aliphatic heterocycles. The van der Waals surface area contributed by atoms with Crippen molar-refractivity contribution in [3.8, 4) is 0 Å². The molecule has 1 aromatic rings. The molecule has 96 valence electrons. The predicted molar refractivity (Wildman–Crippen MR) is 72.3 cm³/mol. The van der Waals surface area contributed by atoms with Gasteiger partial charge in [0.15, 0.2) is 0 Å². The molecule has 0 N–H and O–H groups in total. The minimum Gasteiger partial charge on any atom is -0.458 e. The molecule has 2 heteroatoms. The van der Waals surface area contributed by atoms with Crippen molar-refractivity contribution in [1.82, 2.24) is 0 Å². The van der Waals surface area contributed by atoms with Gasteiger partial charge in [0.2, 0.25) is 0 Å². The lowest BCUT2D eigenvalue weighted by Gasteiger charge is -2.22. The lowest BCUT2D eigenvalue weighted by Crippen LogP contribution is -2.21. The summed E-state index contributed by atoms with van der Waals surface area (Å²) in [4.78, 5) is 11.8. The second-order valence-electron chi connectivity index (χ2n) is 4.84. The van der Waals surface area contributed by atoms with Crippen LogP contribution in [0.5, 0.6) is 0 Å². The third-order valence-corrected chi connectivity index (χ3v) is 3.38. The lowest BCUT2D eigenvalue weighted by atomic mass is 9.98. The zero-order chi connectivity index (χ0) is 12.8. The highest BCUT2D eigenvalue weighted by Crippen LogP contribution is 2.21. The number of rotatable bonds is 4. The normalized spacial score (nSPS) is 19.2. The van der Waals surface area contributed by atoms with Crippen molar-refractivity contribution in [3.63, 3.8) is 0 Å². The van der Waals surface area contributed by atoms with Crippen LogP contribution in [0, 0.1) is 0 Å². The Morgan fingerprint density at radius 3 is 2.83 bits per heavy atom. The molecule has 0 saturated carbocycles. The fourth-order valence-corrected chi connectivity index (χ4v) is 2.25. The van der Waals surface area contributed by atoms with Crippen molar-refractivity contribution in [2.24, 2.45) is 0 Å². The average Bonchev–Trinajstić information content (AvgIpc) is 2.40. The van der Waals surface area contributed by atoms with E-state index >= 15 is 0 Å². The number of allylic oxidation sites excluding steroid dienone is 1. The van der Waals surface area contributed by atoms with Crippen LogP contribution in [-0.2, 0) is 16.0 Å². The number of esters is 1. The van der Waals surface area contributed by atoms with Crippen molar-refractivity contribution in [3.05, 3.63) is 47.5 Å². The number of benzene rings is 1. The van der Waals surface area contributed by atoms with Crippen LogP contribution in [0.2, 0.25) is 0 Å². The van der Waals surface area contributed by atoms with Gasteiger partial charge in [0.25, 0.3) is 0 Å². The standard InChI is InChI=1S/C16H20O2/c1-13-7-5-6-10-15(13)18-16(17)12-11-14-8-3-2-4-9-14/h2-4,7-9,15H,5-6,10-12H2,1H3. The third kappa shape index (κ3) is 3.73. The Morgan fingerprint density at radius 2 is 2.11 bits per heavy atom. The molecular weight excluding hydrogens is 224 g/mol. The van der Waals surface area contributed by atoms with E-state index in [2.05, 4.69) is 6.08 Å². The van der Waals surface area contributed by atoms with E-state index in [1.807, 2.05) is 37.3 Å². The van der Waals surface area contributed by atoms with Crippen molar-refractivity contribution >= 4 is 5.97 Å². The zero-order valence-corrected chi connectivity index (χ0v) is 10.9. The highest BCUT2D eigenvalue weighted by Gasteiger charge is 2.18. The molecule has 0 spiro atoms. The fourth-order valence-electron chi connectivity index (χ4n) is 2.25. The second kappa shape index (κ2) is 6.39. The molecule has 1 aromatic carbocycles. The van der Waals surface area contributed by atoms with E-state index in [0.717, 1.165) is 25.7 Å². The van der Waals surface area contributed by atoms with E-state index in [4.69, 9.17) is 4.74 Å². The van der Waals surface area contributed by atoms with Crippen LogP contribution in [-0.4, -0.2) is 12.1 Å². The molecule has 1 aliphatic carbocycles. The number of aryl methyl sites for hydroxylation is 1. The summed E-state index contributed by atoms with van der Waals surface area (Å²) in [5.74, 6) is -0.0847. The Labute approximate surface area is 109 Å². The molecule has 1 aliphatic rings. The molecule has 2 rings (SSSR count). The quantitative estimate of drug-likeness (QED) is 0.597. The van der Waals surface area contributed by atoms with Gasteiger partial charge < -0.3 is 4.74 Å². The van der Waals surface area contributed by atoms with Crippen LogP contribution in [0.3, 0.4) is 0 Å². The maximum absolute atomic E-state index is 11.8. The maximum atomic E-state index is 11.8. The van der Waals surface area contributed by atoms with Gasteiger partial charge in [-0.1, -0.05) is 36.4 Å². The van der Waals surface area contributed by atoms with Crippen LogP contribution < -0.4 is 0 Å². The molecule has 1 unspecified atom stereocenters. The van der Waals surface area contributed by atoms with Crippen LogP contribution >= 0.6 is 0 Å². The Balaban J connectivity index is 1.79. The summed E-state index contributed by atoms with van der Waals surface area (Å²) in [6.45, 7) is 2.05. The molecule has 0 heterocycles. The molecule has 0 bridgehead atoms. The lowest BCUT2D eigenvalue weighted by molar-refractivity contribution is -0.147. The van der Waals surface area contributed by atoms with Gasteiger partial charge in [0.05, 0.1) is 0 Å². The summed E-state index contributed by atoms with van der Waals surface area (Å²) in [6, 6.07) is 10.1. The topological polar surface area (TPSA) is 26.3 Å². The summed E-state index contributed by atoms with van der Waals surface area (Å²) in [7, 11) is 0. The first kappa shape index (κ1) is 12.9. The summed E-state index contributed by atoms with van der Waals surface area (Å²) in [6.07, 6.45) is 6.63. The van der Waals surface area contributed by atoms with Gasteiger partial charge in [-0.25, -0.2) is 0 Å². The number of carbonyl (C=O) groups is 1. The zero-order valence-electron chi connectivity index (χ0n) is 10.9. The summed E-state index contributed by atoms with van der Waals surface area (Å²) < 4.78 is 5.52. The molecule has 1 atom stereocenters. The maximum Gasteiger partial charge on any atom is 0.306 e. The number of hydrogen-bond donors (Lipinski definition) is 0. The molecule has 0 aromatic heterocycles. The number of hydrogen-bond acceptors (Lipinski definition) is 2. The van der Waals surface area contributed by atoms with Crippen molar-refractivity contribution < 1.29 is 9.53 Å². The van der Waals surface area contributed by atoms with Crippen molar-refractivity contribution in [2.45, 2.75) is 45.1 Å². The Hall–Kier alpha value is -1.57. The highest BCUT2D eigenvalue weighted by atomic mass is 16.5. The summed E-state index contributed by atoms with van der Waals surface area (Å²) in [5.41, 5.74) is 2.39. The monoisotopic (exact) mass is 244 g/mol. The first-order valence-corrected chi connectivity index (χ1v) is 6.66. The van der Waals surface area contributed by atoms with E-state index in [0.29, 0.717) is 6.42 Å². The fraction of sp³-hybridized carbons (Fsp3) is 0.438. The molecule has 0 amide bonds. The van der Waals surface area contributed by atoms with Gasteiger partial charge in [-0.15, -0.1) is 0 Å². The van der Waals surface area contributed by atoms with Crippen molar-refractivity contribution in [2.75, 3.05) is 0 Å². The molecule has 0 saturated heterocycles. The van der Waals surface area contributed by atoms with Crippen LogP contribution in [0.15, 0.2) is 42.0 Å². The summed E-state index contributed by atoms with van der Waals surface area (Å²) >= 11 is 0. The largest absolute Gasteiger partial charge is 0.458 e. The average molecular weight is 244 g/mol. The number of ether oxygens (including phenoxy) is 1. The van der Waals surface area contributed by atoms with Crippen molar-refractivity contribution in [1.29, 1.82) is 0 Å². The Bertz CT molecular complexity index is 420. The number of carbonyl (C=O) groups excluding carboxylic acids is 1. The van der Waals surface area contributed by atoms with Gasteiger partial charge in [-0.05, 0) is 43.7 Å². The molecule has 18 heavy (non-hydrogen) atoms. The molecule has 0 radical (unpaired) electrons. The van der Waals surface area contributed by atoms with Gasteiger partial charge in [-0.2, -0.15) is 0 Å². The van der Waals surface area contributed by atoms with E-state index in [1.54, 1.807) is 0 Å². The van der Waals surface area contributed by atoms with Crippen LogP contribution in [0.25, 0.3) is 0 Å². The van der Waals surface area contributed by atoms with Crippen LogP contribution in [0.1, 0.15) is 38.2 Å². The minimum atomic E-state index is -0.0847. The molecular formula is C16H20O2. The first-order chi connectivity index (χ1) is 8.75. The summed E-state index contributed by atoms with van der Waals surface area (Å²) in [5, 5.41) is 0. The second-order valence-corrected chi connectivity index (χ2v) is 4.84. The van der Waals surface area contributed by atoms with E-state index in [1.165, 1.54) is 11.1 Å². The van der Waals surface area contributed by atoms with E-state index in [-0.39, 0.29) is 12.1 Å². The SMILES string of the molecule is CC1=CCCCC1OC(=O)CCc1ccccc1. The van der Waals surface area contributed by atoms with Gasteiger partial charge in [0.1, 0.15) is 6.10 Å².